The molecular formula is C78H114Cl2N8O7. The molecular weight excluding hydrogens is 1230 g/mol. The molecule has 15 nitrogen and oxygen atoms in total. The van der Waals surface area contributed by atoms with Gasteiger partial charge in [0.1, 0.15) is 11.8 Å². The number of β-amino-alcohol motifs (C(OH)–C–C–N with tert-alkyl or cyclic N) is 1. The summed E-state index contributed by atoms with van der Waals surface area (Å²) < 4.78 is 0. The molecule has 15 N–H and O–H groups in total. The third kappa shape index (κ3) is 33.7. The number of unbranched alkanes of at least 4 members (excludes halogenated alkanes) is 1. The van der Waals surface area contributed by atoms with Crippen LogP contribution in [0.5, 0.6) is 5.75 Å². The first-order chi connectivity index (χ1) is 45.2. The number of aliphatic hydroxyl groups excluding tert-OH is 6. The summed E-state index contributed by atoms with van der Waals surface area (Å²) in [6.07, 6.45) is 5.32. The lowest BCUT2D eigenvalue weighted by Gasteiger charge is -2.23. The van der Waals surface area contributed by atoms with E-state index in [1.165, 1.54) is 47.6 Å². The number of hydrogen-bond donors (Lipinski definition) is 14. The zero-order chi connectivity index (χ0) is 70.5. The lowest BCUT2D eigenvalue weighted by molar-refractivity contribution is 0.163. The molecule has 0 amide bonds. The fourth-order valence-electron chi connectivity index (χ4n) is 9.57. The van der Waals surface area contributed by atoms with E-state index in [1.54, 1.807) is 54.6 Å². The lowest BCUT2D eigenvalue weighted by atomic mass is 9.89. The largest absolute Gasteiger partial charge is 0.508 e. The van der Waals surface area contributed by atoms with Crippen LogP contribution in [0.2, 0.25) is 10.0 Å². The highest BCUT2D eigenvalue weighted by molar-refractivity contribution is 6.31. The monoisotopic (exact) mass is 1340 g/mol. The minimum Gasteiger partial charge on any atom is -0.508 e. The Morgan fingerprint density at radius 1 is 0.495 bits per heavy atom. The predicted molar refractivity (Wildman–Crippen MR) is 396 cm³/mol. The molecule has 0 saturated heterocycles. The number of phenols is 1. The van der Waals surface area contributed by atoms with Gasteiger partial charge in [0.2, 0.25) is 0 Å². The van der Waals surface area contributed by atoms with Gasteiger partial charge in [0.25, 0.3) is 0 Å². The maximum Gasteiger partial charge on any atom is 0.115 e. The van der Waals surface area contributed by atoms with Crippen LogP contribution in [0.15, 0.2) is 152 Å². The van der Waals surface area contributed by atoms with Crippen molar-refractivity contribution < 1.29 is 35.7 Å². The third-order valence-electron chi connectivity index (χ3n) is 15.6. The number of hydrogen-bond acceptors (Lipinski definition) is 15. The van der Waals surface area contributed by atoms with Crippen LogP contribution in [0.25, 0.3) is 10.8 Å². The number of aromatic hydroxyl groups is 1. The van der Waals surface area contributed by atoms with Crippen LogP contribution in [0.4, 0.5) is 5.69 Å². The number of phenolic OH excluding ortho intramolecular Hbond substituents is 1. The number of nitrogens with one attached hydrogen (secondary N) is 6. The summed E-state index contributed by atoms with van der Waals surface area (Å²) in [6, 6.07) is 50.7. The lowest BCUT2D eigenvalue weighted by Crippen LogP contribution is -2.38. The zero-order valence-electron chi connectivity index (χ0n) is 58.5. The second-order valence-corrected chi connectivity index (χ2v) is 26.9. The Bertz CT molecular complexity index is 3270. The zero-order valence-corrected chi connectivity index (χ0v) is 60.0. The molecule has 0 aliphatic heterocycles. The summed E-state index contributed by atoms with van der Waals surface area (Å²) in [5, 5.41) is 100. The number of anilines is 1. The number of aryl methyl sites for hydroxylation is 2. The van der Waals surface area contributed by atoms with Crippen molar-refractivity contribution >= 4 is 39.7 Å². The van der Waals surface area contributed by atoms with Gasteiger partial charge < -0.3 is 73.4 Å². The first kappa shape index (κ1) is 83.2. The number of nitrogens with zero attached hydrogens (tertiary/aromatic N) is 1. The number of nitrogens with two attached hydrogens (primary N) is 1. The Morgan fingerprint density at radius 2 is 0.937 bits per heavy atom. The Labute approximate surface area is 578 Å². The van der Waals surface area contributed by atoms with Crippen molar-refractivity contribution in [2.75, 3.05) is 51.5 Å². The van der Waals surface area contributed by atoms with E-state index in [4.69, 9.17) is 39.3 Å². The van der Waals surface area contributed by atoms with Gasteiger partial charge in [-0.25, -0.2) is 0 Å². The number of benzene rings is 7. The quantitative estimate of drug-likeness (QED) is 0.0178. The highest BCUT2D eigenvalue weighted by Crippen LogP contribution is 2.27. The molecule has 1 aliphatic rings. The van der Waals surface area contributed by atoms with Crippen LogP contribution in [-0.4, -0.2) is 111 Å². The van der Waals surface area contributed by atoms with E-state index in [0.29, 0.717) is 90.3 Å². The van der Waals surface area contributed by atoms with Gasteiger partial charge in [-0.1, -0.05) is 194 Å². The minimum absolute atomic E-state index is 0.00222. The van der Waals surface area contributed by atoms with Crippen LogP contribution in [0, 0.1) is 11.3 Å². The van der Waals surface area contributed by atoms with Gasteiger partial charge in [-0.05, 0) is 159 Å². The Hall–Kier alpha value is -6.01. The highest BCUT2D eigenvalue weighted by Gasteiger charge is 2.18. The molecule has 0 aromatic heterocycles. The first-order valence-electron chi connectivity index (χ1n) is 33.8. The molecule has 7 atom stereocenters. The van der Waals surface area contributed by atoms with E-state index in [9.17, 15) is 30.6 Å². The molecule has 0 bridgehead atoms. The van der Waals surface area contributed by atoms with E-state index in [2.05, 4.69) is 130 Å². The topological polar surface area (TPSA) is 264 Å². The van der Waals surface area contributed by atoms with E-state index in [0.717, 1.165) is 53.6 Å². The molecule has 95 heavy (non-hydrogen) atoms. The molecule has 8 rings (SSSR count). The second-order valence-electron chi connectivity index (χ2n) is 26.1. The molecule has 0 fully saturated rings. The van der Waals surface area contributed by atoms with Crippen molar-refractivity contribution in [2.24, 2.45) is 0 Å². The molecule has 0 saturated carbocycles. The first-order valence-corrected chi connectivity index (χ1v) is 34.6. The number of fused-ring (bicyclic) bond motifs is 2. The molecule has 0 radical (unpaired) electrons. The van der Waals surface area contributed by atoms with Crippen molar-refractivity contribution in [2.45, 2.75) is 194 Å². The summed E-state index contributed by atoms with van der Waals surface area (Å²) in [4.78, 5) is 0. The average molecular weight is 1350 g/mol. The second kappa shape index (κ2) is 45.5. The number of halogens is 2. The van der Waals surface area contributed by atoms with Gasteiger partial charge in [0, 0.05) is 95.8 Å². The molecule has 7 aromatic carbocycles. The molecule has 17 heteroatoms. The number of aliphatic hydroxyl groups is 6. The highest BCUT2D eigenvalue weighted by atomic mass is 35.5. The van der Waals surface area contributed by atoms with Crippen molar-refractivity contribution in [3.05, 3.63) is 212 Å². The van der Waals surface area contributed by atoms with Gasteiger partial charge in [-0.15, -0.1) is 0 Å². The molecule has 0 spiro atoms. The number of nitrogen functional groups attached to an aromatic ring is 1. The SMILES string of the molecule is CC(C)(C)NCC(O)c1ccccc1Cl.CC(C)NCC(O)c1ccc(N)c(C#N)c1.CC(C)NCC(O)c1ccc2ccccc2c1.CC(C)NCC(O)c1ccccc1Cl.CCC(C)NCC(O)c1ccc2c(c1)CCCC2.CCCCNCC(O)c1ccc(O)cc1. The van der Waals surface area contributed by atoms with Gasteiger partial charge in [0.15, 0.2) is 0 Å². The Kier molecular flexibility index (Phi) is 39.8. The smallest absolute Gasteiger partial charge is 0.115 e. The fraction of sp³-hybridized carbons (Fsp3) is 0.474. The Balaban J connectivity index is 0.000000298. The van der Waals surface area contributed by atoms with Gasteiger partial charge in [-0.2, -0.15) is 5.26 Å². The summed E-state index contributed by atoms with van der Waals surface area (Å²) in [7, 11) is 0. The van der Waals surface area contributed by atoms with Crippen molar-refractivity contribution in [3.8, 4) is 11.8 Å². The Morgan fingerprint density at radius 3 is 1.45 bits per heavy atom. The third-order valence-corrected chi connectivity index (χ3v) is 16.3. The number of nitriles is 1. The standard InChI is InChI=1S/C16H25NO.C15H19NO.C12H18ClNO.C12H17N3O.C12H19NO2.C11H16ClNO/c1-3-12(2)17-11-16(18)15-9-8-13-6-4-5-7-14(13)10-15;1-11(2)16-10-15(17)14-8-7-12-5-3-4-6-13(12)9-14;1-12(2,3)14-8-11(15)9-6-4-5-7-10(9)13;1-8(2)15-7-12(16)9-3-4-11(14)10(5-9)6-13;1-2-3-8-13-9-12(15)10-4-6-11(14)7-5-10;1-8(2)13-7-11(14)9-5-3-4-6-10(9)12/h8-10,12,16-18H,3-7,11H2,1-2H3;3-9,11,15-17H,10H2,1-2H3;4-7,11,14-15H,8H2,1-3H3;3-5,8,12,15-16H,7,14H2,1-2H3;4-7,12-15H,2-3,8-9H2,1H3;3-6,8,11,13-14H,7H2,1-2H3. The van der Waals surface area contributed by atoms with Gasteiger partial charge >= 0.3 is 0 Å². The summed E-state index contributed by atoms with van der Waals surface area (Å²) in [5.74, 6) is 0.227. The van der Waals surface area contributed by atoms with E-state index >= 15 is 0 Å². The average Bonchev–Trinajstić information content (AvgIpc) is 0.959. The van der Waals surface area contributed by atoms with Crippen molar-refractivity contribution in [3.63, 3.8) is 0 Å². The normalized spacial score (nSPS) is 14.0. The van der Waals surface area contributed by atoms with Gasteiger partial charge in [-0.3, -0.25) is 0 Å². The molecule has 0 heterocycles. The summed E-state index contributed by atoms with van der Waals surface area (Å²) >= 11 is 11.9. The van der Waals surface area contributed by atoms with E-state index < -0.39 is 30.5 Å². The summed E-state index contributed by atoms with van der Waals surface area (Å²) in [5.41, 5.74) is 14.5. The minimum atomic E-state index is -0.616. The fourth-order valence-corrected chi connectivity index (χ4v) is 10.1. The van der Waals surface area contributed by atoms with Gasteiger partial charge in [0.05, 0.1) is 42.2 Å². The van der Waals surface area contributed by atoms with Crippen LogP contribution in [-0.2, 0) is 12.8 Å². The molecule has 7 unspecified atom stereocenters. The van der Waals surface area contributed by atoms with Crippen LogP contribution < -0.4 is 37.6 Å². The molecule has 1 aliphatic carbocycles. The molecule has 522 valence electrons. The van der Waals surface area contributed by atoms with E-state index in [1.807, 2.05) is 88.4 Å². The maximum atomic E-state index is 10.2. The van der Waals surface area contributed by atoms with Crippen molar-refractivity contribution in [1.29, 1.82) is 5.26 Å². The number of rotatable bonds is 26. The molecule has 7 aromatic rings. The van der Waals surface area contributed by atoms with Crippen LogP contribution >= 0.6 is 23.2 Å². The summed E-state index contributed by atoms with van der Waals surface area (Å²) in [6.45, 7) is 29.1. The van der Waals surface area contributed by atoms with Crippen LogP contribution in [0.1, 0.15) is 202 Å². The van der Waals surface area contributed by atoms with Crippen molar-refractivity contribution in [1.82, 2.24) is 31.9 Å². The predicted octanol–water partition coefficient (Wildman–Crippen LogP) is 14.0. The van der Waals surface area contributed by atoms with Crippen LogP contribution in [0.3, 0.4) is 0 Å². The maximum absolute atomic E-state index is 10.2. The van der Waals surface area contributed by atoms with E-state index in [-0.39, 0.29) is 17.4 Å².